The second kappa shape index (κ2) is 7.78. The normalized spacial score (nSPS) is 14.9. The molecule has 4 rings (SSSR count). The number of aromatic nitrogens is 1. The van der Waals surface area contributed by atoms with Crippen LogP contribution in [0.15, 0.2) is 60.8 Å². The molecule has 0 unspecified atom stereocenters. The third kappa shape index (κ3) is 3.73. The summed E-state index contributed by atoms with van der Waals surface area (Å²) in [6.45, 7) is 3.85. The zero-order valence-electron chi connectivity index (χ0n) is 15.5. The minimum absolute atomic E-state index is 0.0617. The molecule has 1 fully saturated rings. The Hall–Kier alpha value is -3.25. The molecule has 2 aromatic carbocycles. The molecule has 1 aliphatic heterocycles. The number of hydrogen-bond acceptors (Lipinski definition) is 4. The van der Waals surface area contributed by atoms with Crippen molar-refractivity contribution < 1.29 is 9.59 Å². The molecule has 2 amide bonds. The van der Waals surface area contributed by atoms with Gasteiger partial charge in [-0.05, 0) is 28.5 Å². The van der Waals surface area contributed by atoms with Crippen molar-refractivity contribution in [2.45, 2.75) is 6.54 Å². The zero-order chi connectivity index (χ0) is 19.5. The van der Waals surface area contributed by atoms with E-state index in [9.17, 15) is 9.59 Å². The third-order valence-electron chi connectivity index (χ3n) is 5.20. The molecule has 0 spiro atoms. The summed E-state index contributed by atoms with van der Waals surface area (Å²) in [5, 5.41) is 2.53. The van der Waals surface area contributed by atoms with Crippen LogP contribution in [0.2, 0.25) is 0 Å². The fourth-order valence-electron chi connectivity index (χ4n) is 3.63. The van der Waals surface area contributed by atoms with E-state index in [1.54, 1.807) is 6.07 Å². The van der Waals surface area contributed by atoms with Crippen molar-refractivity contribution in [3.63, 3.8) is 0 Å². The Morgan fingerprint density at radius 3 is 2.39 bits per heavy atom. The molecule has 2 heterocycles. The average molecular weight is 374 g/mol. The van der Waals surface area contributed by atoms with Crippen LogP contribution < -0.4 is 5.73 Å². The average Bonchev–Trinajstić information content (AvgIpc) is 2.74. The number of pyridine rings is 1. The van der Waals surface area contributed by atoms with Crippen LogP contribution in [0.25, 0.3) is 10.8 Å². The monoisotopic (exact) mass is 374 g/mol. The molecule has 0 bridgehead atoms. The number of hydrogen-bond donors (Lipinski definition) is 1. The first kappa shape index (κ1) is 18.1. The van der Waals surface area contributed by atoms with Crippen LogP contribution in [0.1, 0.15) is 26.4 Å². The summed E-state index contributed by atoms with van der Waals surface area (Å²) in [5.74, 6) is -0.658. The Bertz CT molecular complexity index is 1000. The van der Waals surface area contributed by atoms with Gasteiger partial charge in [0.2, 0.25) is 0 Å². The first-order valence-electron chi connectivity index (χ1n) is 9.36. The Kier molecular flexibility index (Phi) is 5.04. The van der Waals surface area contributed by atoms with E-state index in [-0.39, 0.29) is 11.6 Å². The molecule has 0 radical (unpaired) electrons. The van der Waals surface area contributed by atoms with E-state index in [0.29, 0.717) is 18.7 Å². The molecular weight excluding hydrogens is 352 g/mol. The van der Waals surface area contributed by atoms with Gasteiger partial charge in [0.05, 0.1) is 5.56 Å². The number of primary amides is 1. The van der Waals surface area contributed by atoms with Gasteiger partial charge in [-0.2, -0.15) is 0 Å². The van der Waals surface area contributed by atoms with Crippen molar-refractivity contribution in [2.75, 3.05) is 26.2 Å². The molecule has 142 valence electrons. The van der Waals surface area contributed by atoms with Crippen LogP contribution in [-0.4, -0.2) is 52.8 Å². The van der Waals surface area contributed by atoms with Crippen molar-refractivity contribution in [3.05, 3.63) is 77.6 Å². The quantitative estimate of drug-likeness (QED) is 0.760. The molecule has 1 aromatic heterocycles. The summed E-state index contributed by atoms with van der Waals surface area (Å²) in [7, 11) is 0. The number of carbonyl (C=O) groups is 2. The fraction of sp³-hybridized carbons (Fsp3) is 0.227. The highest BCUT2D eigenvalue weighted by molar-refractivity contribution is 5.95. The number of nitrogens with two attached hydrogens (primary N) is 1. The topological polar surface area (TPSA) is 79.5 Å². The SMILES string of the molecule is NC(=O)c1ccc(C(=O)N2CCN(Cc3cccc4ccccc34)CC2)cn1. The van der Waals surface area contributed by atoms with E-state index < -0.39 is 5.91 Å². The van der Waals surface area contributed by atoms with Gasteiger partial charge in [-0.1, -0.05) is 42.5 Å². The lowest BCUT2D eigenvalue weighted by Crippen LogP contribution is -2.48. The molecule has 28 heavy (non-hydrogen) atoms. The molecule has 0 saturated carbocycles. The van der Waals surface area contributed by atoms with E-state index in [0.717, 1.165) is 19.6 Å². The summed E-state index contributed by atoms with van der Waals surface area (Å²) < 4.78 is 0. The summed E-state index contributed by atoms with van der Waals surface area (Å²) in [6.07, 6.45) is 1.42. The smallest absolute Gasteiger partial charge is 0.267 e. The molecule has 0 aliphatic carbocycles. The summed E-state index contributed by atoms with van der Waals surface area (Å²) >= 11 is 0. The van der Waals surface area contributed by atoms with Crippen LogP contribution in [0.4, 0.5) is 0 Å². The minimum Gasteiger partial charge on any atom is -0.364 e. The van der Waals surface area contributed by atoms with Crippen molar-refractivity contribution in [3.8, 4) is 0 Å². The van der Waals surface area contributed by atoms with Crippen LogP contribution in [0.5, 0.6) is 0 Å². The first-order valence-corrected chi connectivity index (χ1v) is 9.36. The molecule has 6 nitrogen and oxygen atoms in total. The molecule has 3 aromatic rings. The Morgan fingerprint density at radius 1 is 0.929 bits per heavy atom. The maximum absolute atomic E-state index is 12.7. The lowest BCUT2D eigenvalue weighted by atomic mass is 10.0. The van der Waals surface area contributed by atoms with Crippen LogP contribution in [0.3, 0.4) is 0 Å². The molecule has 0 atom stereocenters. The van der Waals surface area contributed by atoms with E-state index in [1.807, 2.05) is 4.90 Å². The summed E-state index contributed by atoms with van der Waals surface area (Å²) in [5.41, 5.74) is 7.15. The number of rotatable bonds is 4. The number of amides is 2. The predicted octanol–water partition coefficient (Wildman–Crippen LogP) is 2.29. The second-order valence-corrected chi connectivity index (χ2v) is 7.00. The Morgan fingerprint density at radius 2 is 1.68 bits per heavy atom. The van der Waals surface area contributed by atoms with Gasteiger partial charge < -0.3 is 10.6 Å². The van der Waals surface area contributed by atoms with Gasteiger partial charge in [-0.25, -0.2) is 0 Å². The third-order valence-corrected chi connectivity index (χ3v) is 5.20. The minimum atomic E-state index is -0.596. The number of fused-ring (bicyclic) bond motifs is 1. The van der Waals surface area contributed by atoms with Gasteiger partial charge >= 0.3 is 0 Å². The van der Waals surface area contributed by atoms with E-state index in [2.05, 4.69) is 52.3 Å². The van der Waals surface area contributed by atoms with Crippen molar-refractivity contribution in [2.24, 2.45) is 5.73 Å². The van der Waals surface area contributed by atoms with Gasteiger partial charge in [0.15, 0.2) is 0 Å². The highest BCUT2D eigenvalue weighted by Crippen LogP contribution is 2.20. The lowest BCUT2D eigenvalue weighted by molar-refractivity contribution is 0.0628. The fourth-order valence-corrected chi connectivity index (χ4v) is 3.63. The second-order valence-electron chi connectivity index (χ2n) is 7.00. The van der Waals surface area contributed by atoms with Gasteiger partial charge in [0.25, 0.3) is 11.8 Å². The van der Waals surface area contributed by atoms with Crippen molar-refractivity contribution >= 4 is 22.6 Å². The van der Waals surface area contributed by atoms with Crippen LogP contribution >= 0.6 is 0 Å². The van der Waals surface area contributed by atoms with Gasteiger partial charge in [-0.15, -0.1) is 0 Å². The van der Waals surface area contributed by atoms with E-state index >= 15 is 0 Å². The van der Waals surface area contributed by atoms with E-state index in [1.165, 1.54) is 28.6 Å². The standard InChI is InChI=1S/C22H22N4O2/c23-21(27)20-9-8-17(14-24-20)22(28)26-12-10-25(11-13-26)15-18-6-3-5-16-4-1-2-7-19(16)18/h1-9,14H,10-13,15H2,(H2,23,27). The molecule has 2 N–H and O–H groups in total. The largest absolute Gasteiger partial charge is 0.364 e. The summed E-state index contributed by atoms with van der Waals surface area (Å²) in [4.78, 5) is 32.0. The molecule has 1 saturated heterocycles. The number of benzene rings is 2. The maximum Gasteiger partial charge on any atom is 0.267 e. The van der Waals surface area contributed by atoms with Crippen LogP contribution in [0, 0.1) is 0 Å². The highest BCUT2D eigenvalue weighted by atomic mass is 16.2. The van der Waals surface area contributed by atoms with E-state index in [4.69, 9.17) is 5.73 Å². The van der Waals surface area contributed by atoms with Gasteiger partial charge in [0, 0.05) is 38.9 Å². The van der Waals surface area contributed by atoms with Gasteiger partial charge in [-0.3, -0.25) is 19.5 Å². The van der Waals surface area contributed by atoms with Crippen molar-refractivity contribution in [1.29, 1.82) is 0 Å². The number of nitrogens with zero attached hydrogens (tertiary/aromatic N) is 3. The zero-order valence-corrected chi connectivity index (χ0v) is 15.5. The van der Waals surface area contributed by atoms with Crippen molar-refractivity contribution in [1.82, 2.24) is 14.8 Å². The molecular formula is C22H22N4O2. The Balaban J connectivity index is 1.39. The molecule has 1 aliphatic rings. The van der Waals surface area contributed by atoms with Crippen LogP contribution in [-0.2, 0) is 6.54 Å². The number of piperazine rings is 1. The lowest BCUT2D eigenvalue weighted by Gasteiger charge is -2.35. The highest BCUT2D eigenvalue weighted by Gasteiger charge is 2.23. The van der Waals surface area contributed by atoms with Gasteiger partial charge in [0.1, 0.15) is 5.69 Å². The summed E-state index contributed by atoms with van der Waals surface area (Å²) in [6, 6.07) is 17.9. The number of carbonyl (C=O) groups excluding carboxylic acids is 2. The first-order chi connectivity index (χ1) is 13.6. The molecule has 6 heteroatoms. The maximum atomic E-state index is 12.7. The predicted molar refractivity (Wildman–Crippen MR) is 108 cm³/mol. The Labute approximate surface area is 163 Å².